The molecule has 0 unspecified atom stereocenters. The molecule has 0 saturated heterocycles. The summed E-state index contributed by atoms with van der Waals surface area (Å²) in [6.07, 6.45) is -4.12. The predicted molar refractivity (Wildman–Crippen MR) is 69.6 cm³/mol. The van der Waals surface area contributed by atoms with Gasteiger partial charge in [-0.1, -0.05) is 5.92 Å². The minimum Gasteiger partial charge on any atom is -0.464 e. The van der Waals surface area contributed by atoms with Gasteiger partial charge in [-0.25, -0.2) is 4.68 Å². The van der Waals surface area contributed by atoms with Crippen LogP contribution in [0, 0.1) is 12.3 Å². The Bertz CT molecular complexity index is 741. The number of alkyl halides is 6. The molecule has 2 aromatic rings. The van der Waals surface area contributed by atoms with Gasteiger partial charge in [0.1, 0.15) is 11.3 Å². The van der Waals surface area contributed by atoms with E-state index in [0.717, 1.165) is 28.9 Å². The second-order valence-corrected chi connectivity index (χ2v) is 4.31. The highest BCUT2D eigenvalue weighted by Crippen LogP contribution is 2.37. The first kappa shape index (κ1) is 17.5. The standard InChI is InChI=1S/C14H8F6N2O2/c1-2-7-23-12-11(13(15,16)17)8-21-22(12)9-3-5-10(6-4-9)24-14(18,19)20/h1,3-6,8H,7H2. The molecule has 0 amide bonds. The molecule has 10 heteroatoms. The maximum Gasteiger partial charge on any atom is 0.573 e. The summed E-state index contributed by atoms with van der Waals surface area (Å²) >= 11 is 0. The van der Waals surface area contributed by atoms with E-state index in [2.05, 4.69) is 9.84 Å². The van der Waals surface area contributed by atoms with Gasteiger partial charge in [0, 0.05) is 0 Å². The van der Waals surface area contributed by atoms with E-state index in [0.29, 0.717) is 6.20 Å². The minimum absolute atomic E-state index is 0.0343. The van der Waals surface area contributed by atoms with Crippen molar-refractivity contribution in [3.63, 3.8) is 0 Å². The summed E-state index contributed by atoms with van der Waals surface area (Å²) < 4.78 is 84.4. The summed E-state index contributed by atoms with van der Waals surface area (Å²) in [5.41, 5.74) is -1.12. The molecule has 1 aromatic carbocycles. The highest BCUT2D eigenvalue weighted by atomic mass is 19.4. The van der Waals surface area contributed by atoms with Crippen LogP contribution in [0.15, 0.2) is 30.5 Å². The fourth-order valence-electron chi connectivity index (χ4n) is 1.75. The van der Waals surface area contributed by atoms with E-state index in [9.17, 15) is 26.3 Å². The SMILES string of the molecule is C#CCOc1c(C(F)(F)F)cnn1-c1ccc(OC(F)(F)F)cc1. The van der Waals surface area contributed by atoms with E-state index in [4.69, 9.17) is 11.2 Å². The monoisotopic (exact) mass is 350 g/mol. The van der Waals surface area contributed by atoms with Crippen molar-refractivity contribution >= 4 is 0 Å². The molecule has 0 aliphatic carbocycles. The van der Waals surface area contributed by atoms with Gasteiger partial charge in [0.05, 0.1) is 11.9 Å². The number of nitrogens with zero attached hydrogens (tertiary/aromatic N) is 2. The van der Waals surface area contributed by atoms with Crippen LogP contribution in [0.25, 0.3) is 5.69 Å². The van der Waals surface area contributed by atoms with Gasteiger partial charge in [-0.2, -0.15) is 18.3 Å². The second-order valence-electron chi connectivity index (χ2n) is 4.31. The maximum atomic E-state index is 12.9. The summed E-state index contributed by atoms with van der Waals surface area (Å²) in [6.45, 7) is -0.440. The topological polar surface area (TPSA) is 36.3 Å². The molecule has 4 nitrogen and oxygen atoms in total. The number of hydrogen-bond acceptors (Lipinski definition) is 3. The Morgan fingerprint density at radius 2 is 1.71 bits per heavy atom. The first-order valence-corrected chi connectivity index (χ1v) is 6.19. The van der Waals surface area contributed by atoms with Gasteiger partial charge in [0.25, 0.3) is 0 Å². The number of rotatable bonds is 4. The van der Waals surface area contributed by atoms with Crippen LogP contribution in [0.1, 0.15) is 5.56 Å². The third-order valence-corrected chi connectivity index (χ3v) is 2.64. The van der Waals surface area contributed by atoms with Gasteiger partial charge in [-0.15, -0.1) is 19.6 Å². The lowest BCUT2D eigenvalue weighted by Crippen LogP contribution is -2.17. The normalized spacial score (nSPS) is 11.9. The summed E-state index contributed by atoms with van der Waals surface area (Å²) in [4.78, 5) is 0. The molecule has 0 radical (unpaired) electrons. The van der Waals surface area contributed by atoms with Crippen molar-refractivity contribution in [1.82, 2.24) is 9.78 Å². The number of aromatic nitrogens is 2. The minimum atomic E-state index is -4.88. The molecular formula is C14H8F6N2O2. The molecule has 0 atom stereocenters. The third-order valence-electron chi connectivity index (χ3n) is 2.64. The highest BCUT2D eigenvalue weighted by molar-refractivity contribution is 5.42. The average molecular weight is 350 g/mol. The molecule has 0 saturated carbocycles. The third kappa shape index (κ3) is 4.13. The molecule has 0 fully saturated rings. The van der Waals surface area contributed by atoms with Crippen molar-refractivity contribution in [2.75, 3.05) is 6.61 Å². The smallest absolute Gasteiger partial charge is 0.464 e. The molecule has 0 aliphatic rings. The van der Waals surface area contributed by atoms with Crippen molar-refractivity contribution in [1.29, 1.82) is 0 Å². The number of terminal acetylenes is 1. The molecule has 0 aliphatic heterocycles. The molecule has 0 N–H and O–H groups in total. The van der Waals surface area contributed by atoms with Gasteiger partial charge < -0.3 is 9.47 Å². The maximum absolute atomic E-state index is 12.9. The van der Waals surface area contributed by atoms with Crippen molar-refractivity contribution in [3.05, 3.63) is 36.0 Å². The van der Waals surface area contributed by atoms with E-state index in [-0.39, 0.29) is 5.69 Å². The van der Waals surface area contributed by atoms with Crippen molar-refractivity contribution in [2.24, 2.45) is 0 Å². The number of ether oxygens (including phenoxy) is 2. The van der Waals surface area contributed by atoms with Crippen LogP contribution in [0.4, 0.5) is 26.3 Å². The summed E-state index contributed by atoms with van der Waals surface area (Å²) in [5, 5.41) is 3.55. The largest absolute Gasteiger partial charge is 0.573 e. The first-order chi connectivity index (χ1) is 11.1. The van der Waals surface area contributed by atoms with E-state index < -0.39 is 36.3 Å². The Kier molecular flexibility index (Phi) is 4.64. The van der Waals surface area contributed by atoms with E-state index in [1.165, 1.54) is 0 Å². The molecule has 0 bridgehead atoms. The summed E-state index contributed by atoms with van der Waals surface area (Å²) in [5.74, 6) is 0.833. The summed E-state index contributed by atoms with van der Waals surface area (Å²) in [7, 11) is 0. The quantitative estimate of drug-likeness (QED) is 0.622. The summed E-state index contributed by atoms with van der Waals surface area (Å²) in [6, 6.07) is 4.05. The zero-order valence-corrected chi connectivity index (χ0v) is 11.6. The van der Waals surface area contributed by atoms with Gasteiger partial charge in [-0.3, -0.25) is 0 Å². The molecule has 1 aromatic heterocycles. The van der Waals surface area contributed by atoms with E-state index in [1.807, 2.05) is 5.92 Å². The Morgan fingerprint density at radius 1 is 1.08 bits per heavy atom. The van der Waals surface area contributed by atoms with E-state index in [1.54, 1.807) is 0 Å². The molecule has 0 spiro atoms. The molecule has 128 valence electrons. The Hall–Kier alpha value is -2.83. The Labute approximate surface area is 131 Å². The fraction of sp³-hybridized carbons (Fsp3) is 0.214. The van der Waals surface area contributed by atoms with Crippen LogP contribution < -0.4 is 9.47 Å². The van der Waals surface area contributed by atoms with Crippen molar-refractivity contribution < 1.29 is 35.8 Å². The second kappa shape index (κ2) is 6.35. The first-order valence-electron chi connectivity index (χ1n) is 6.19. The number of halogens is 6. The zero-order valence-electron chi connectivity index (χ0n) is 11.6. The lowest BCUT2D eigenvalue weighted by Gasteiger charge is -2.12. The lowest BCUT2D eigenvalue weighted by atomic mass is 10.3. The molecule has 24 heavy (non-hydrogen) atoms. The van der Waals surface area contributed by atoms with Gasteiger partial charge in [0.2, 0.25) is 5.88 Å². The number of benzene rings is 1. The van der Waals surface area contributed by atoms with E-state index >= 15 is 0 Å². The van der Waals surface area contributed by atoms with Crippen LogP contribution in [-0.4, -0.2) is 22.7 Å². The van der Waals surface area contributed by atoms with Gasteiger partial charge in [-0.05, 0) is 24.3 Å². The van der Waals surface area contributed by atoms with Crippen molar-refractivity contribution in [2.45, 2.75) is 12.5 Å². The van der Waals surface area contributed by atoms with Crippen LogP contribution in [0.5, 0.6) is 11.6 Å². The average Bonchev–Trinajstić information content (AvgIpc) is 2.88. The van der Waals surface area contributed by atoms with Crippen LogP contribution >= 0.6 is 0 Å². The molecular weight excluding hydrogens is 342 g/mol. The Balaban J connectivity index is 2.38. The molecule has 2 rings (SSSR count). The van der Waals surface area contributed by atoms with Crippen LogP contribution in [0.2, 0.25) is 0 Å². The van der Waals surface area contributed by atoms with Gasteiger partial charge in [0.15, 0.2) is 6.61 Å². The lowest BCUT2D eigenvalue weighted by molar-refractivity contribution is -0.274. The van der Waals surface area contributed by atoms with Crippen molar-refractivity contribution in [3.8, 4) is 29.7 Å². The fourth-order valence-corrected chi connectivity index (χ4v) is 1.75. The zero-order chi connectivity index (χ0) is 18.0. The van der Waals surface area contributed by atoms with Gasteiger partial charge >= 0.3 is 12.5 Å². The molecule has 1 heterocycles. The van der Waals surface area contributed by atoms with Crippen LogP contribution in [0.3, 0.4) is 0 Å². The predicted octanol–water partition coefficient (Wildman–Crippen LogP) is 3.80. The Morgan fingerprint density at radius 3 is 2.21 bits per heavy atom. The number of hydrogen-bond donors (Lipinski definition) is 0. The highest BCUT2D eigenvalue weighted by Gasteiger charge is 2.38. The van der Waals surface area contributed by atoms with Crippen LogP contribution in [-0.2, 0) is 6.18 Å².